The van der Waals surface area contributed by atoms with Gasteiger partial charge in [-0.2, -0.15) is 0 Å². The van der Waals surface area contributed by atoms with Crippen molar-refractivity contribution in [3.05, 3.63) is 71.5 Å². The quantitative estimate of drug-likeness (QED) is 0.699. The van der Waals surface area contributed by atoms with Gasteiger partial charge in [-0.25, -0.2) is 9.97 Å². The van der Waals surface area contributed by atoms with Gasteiger partial charge in [0.25, 0.3) is 0 Å². The maximum Gasteiger partial charge on any atom is 0.321 e. The lowest BCUT2D eigenvalue weighted by atomic mass is 10.1. The Kier molecular flexibility index (Phi) is 3.74. The number of rotatable bonds is 3. The third-order valence-corrected chi connectivity index (χ3v) is 3.18. The molecule has 3 aromatic rings. The second kappa shape index (κ2) is 5.84. The van der Waals surface area contributed by atoms with Crippen molar-refractivity contribution in [3.63, 3.8) is 0 Å². The Hall–Kier alpha value is -2.20. The molecule has 0 atom stereocenters. The number of halogens is 1. The second-order valence-corrected chi connectivity index (χ2v) is 5.09. The van der Waals surface area contributed by atoms with Crippen LogP contribution in [0, 0.1) is 0 Å². The number of ether oxygens (including phenoxy) is 1. The minimum absolute atomic E-state index is 0.334. The van der Waals surface area contributed by atoms with Gasteiger partial charge >= 0.3 is 6.01 Å². The summed E-state index contributed by atoms with van der Waals surface area (Å²) >= 11 is 3.29. The van der Waals surface area contributed by atoms with Crippen molar-refractivity contribution in [2.75, 3.05) is 0 Å². The Bertz CT molecular complexity index is 682. The van der Waals surface area contributed by atoms with Crippen LogP contribution in [0.25, 0.3) is 11.1 Å². The van der Waals surface area contributed by atoms with Crippen LogP contribution < -0.4 is 4.74 Å². The van der Waals surface area contributed by atoms with Crippen molar-refractivity contribution in [2.45, 2.75) is 0 Å². The molecule has 0 N–H and O–H groups in total. The van der Waals surface area contributed by atoms with E-state index >= 15 is 0 Å². The van der Waals surface area contributed by atoms with Crippen LogP contribution in [-0.4, -0.2) is 9.97 Å². The summed E-state index contributed by atoms with van der Waals surface area (Å²) in [6.45, 7) is 0. The van der Waals surface area contributed by atoms with Gasteiger partial charge in [0.05, 0.1) is 4.47 Å². The van der Waals surface area contributed by atoms with Gasteiger partial charge in [0.2, 0.25) is 0 Å². The van der Waals surface area contributed by atoms with E-state index in [4.69, 9.17) is 4.74 Å². The molecule has 0 fully saturated rings. The first-order chi connectivity index (χ1) is 9.81. The molecule has 1 aromatic heterocycles. The predicted octanol–water partition coefficient (Wildman–Crippen LogP) is 4.70. The summed E-state index contributed by atoms with van der Waals surface area (Å²) in [4.78, 5) is 8.15. The lowest BCUT2D eigenvalue weighted by Crippen LogP contribution is -1.90. The molecule has 0 bridgehead atoms. The van der Waals surface area contributed by atoms with Gasteiger partial charge in [0, 0.05) is 12.4 Å². The summed E-state index contributed by atoms with van der Waals surface area (Å²) in [5, 5.41) is 0. The van der Waals surface area contributed by atoms with Gasteiger partial charge in [-0.15, -0.1) is 0 Å². The van der Waals surface area contributed by atoms with Crippen LogP contribution in [0.15, 0.2) is 71.5 Å². The maximum absolute atomic E-state index is 5.58. The Labute approximate surface area is 125 Å². The van der Waals surface area contributed by atoms with Crippen molar-refractivity contribution in [1.29, 1.82) is 0 Å². The molecule has 0 aliphatic rings. The van der Waals surface area contributed by atoms with Gasteiger partial charge < -0.3 is 4.74 Å². The van der Waals surface area contributed by atoms with Crippen LogP contribution >= 0.6 is 15.9 Å². The van der Waals surface area contributed by atoms with Crippen LogP contribution in [0.2, 0.25) is 0 Å². The molecule has 98 valence electrons. The first kappa shape index (κ1) is 12.8. The van der Waals surface area contributed by atoms with Crippen molar-refractivity contribution in [2.24, 2.45) is 0 Å². The normalized spacial score (nSPS) is 10.2. The standard InChI is InChI=1S/C16H11BrN2O/c17-14-10-18-16(19-11-14)20-15-8-6-13(7-9-15)12-4-2-1-3-5-12/h1-11H. The fraction of sp³-hybridized carbons (Fsp3) is 0. The van der Waals surface area contributed by atoms with Crippen LogP contribution in [0.4, 0.5) is 0 Å². The number of aromatic nitrogens is 2. The fourth-order valence-electron chi connectivity index (χ4n) is 1.80. The molecule has 3 rings (SSSR count). The van der Waals surface area contributed by atoms with Crippen LogP contribution in [-0.2, 0) is 0 Å². The van der Waals surface area contributed by atoms with Crippen molar-refractivity contribution < 1.29 is 4.74 Å². The van der Waals surface area contributed by atoms with Crippen molar-refractivity contribution in [3.8, 4) is 22.9 Å². The SMILES string of the molecule is Brc1cnc(Oc2ccc(-c3ccccc3)cc2)nc1. The van der Waals surface area contributed by atoms with E-state index in [1.807, 2.05) is 42.5 Å². The molecular weight excluding hydrogens is 316 g/mol. The third kappa shape index (κ3) is 3.03. The van der Waals surface area contributed by atoms with E-state index in [0.717, 1.165) is 10.0 Å². The molecule has 0 saturated heterocycles. The Morgan fingerprint density at radius 1 is 0.750 bits per heavy atom. The monoisotopic (exact) mass is 326 g/mol. The predicted molar refractivity (Wildman–Crippen MR) is 81.7 cm³/mol. The zero-order chi connectivity index (χ0) is 13.8. The number of hydrogen-bond acceptors (Lipinski definition) is 3. The average Bonchev–Trinajstić information content (AvgIpc) is 2.51. The second-order valence-electron chi connectivity index (χ2n) is 4.18. The molecule has 0 aliphatic carbocycles. The minimum atomic E-state index is 0.334. The van der Waals surface area contributed by atoms with Crippen LogP contribution in [0.5, 0.6) is 11.8 Å². The first-order valence-electron chi connectivity index (χ1n) is 6.12. The Balaban J connectivity index is 1.78. The highest BCUT2D eigenvalue weighted by molar-refractivity contribution is 9.10. The molecule has 0 unspecified atom stereocenters. The van der Waals surface area contributed by atoms with E-state index in [9.17, 15) is 0 Å². The summed E-state index contributed by atoms with van der Waals surface area (Å²) in [5.74, 6) is 0.715. The van der Waals surface area contributed by atoms with Gasteiger partial charge in [0.15, 0.2) is 0 Å². The zero-order valence-corrected chi connectivity index (χ0v) is 12.1. The van der Waals surface area contributed by atoms with Gasteiger partial charge in [0.1, 0.15) is 5.75 Å². The zero-order valence-electron chi connectivity index (χ0n) is 10.5. The lowest BCUT2D eigenvalue weighted by molar-refractivity contribution is 0.441. The first-order valence-corrected chi connectivity index (χ1v) is 6.91. The smallest absolute Gasteiger partial charge is 0.321 e. The molecule has 20 heavy (non-hydrogen) atoms. The molecule has 0 aliphatic heterocycles. The lowest BCUT2D eigenvalue weighted by Gasteiger charge is -2.05. The molecular formula is C16H11BrN2O. The van der Waals surface area contributed by atoms with E-state index < -0.39 is 0 Å². The number of nitrogens with zero attached hydrogens (tertiary/aromatic N) is 2. The number of benzene rings is 2. The van der Waals surface area contributed by atoms with Crippen LogP contribution in [0.3, 0.4) is 0 Å². The van der Waals surface area contributed by atoms with E-state index in [2.05, 4.69) is 38.0 Å². The molecule has 0 saturated carbocycles. The molecule has 0 amide bonds. The molecule has 4 heteroatoms. The molecule has 3 nitrogen and oxygen atoms in total. The van der Waals surface area contributed by atoms with E-state index in [0.29, 0.717) is 11.8 Å². The third-order valence-electron chi connectivity index (χ3n) is 2.77. The topological polar surface area (TPSA) is 35.0 Å². The average molecular weight is 327 g/mol. The molecule has 0 radical (unpaired) electrons. The Morgan fingerprint density at radius 2 is 1.35 bits per heavy atom. The van der Waals surface area contributed by atoms with Crippen molar-refractivity contribution >= 4 is 15.9 Å². The highest BCUT2D eigenvalue weighted by atomic mass is 79.9. The number of hydrogen-bond donors (Lipinski definition) is 0. The van der Waals surface area contributed by atoms with Gasteiger partial charge in [-0.3, -0.25) is 0 Å². The molecule has 0 spiro atoms. The van der Waals surface area contributed by atoms with Crippen molar-refractivity contribution in [1.82, 2.24) is 9.97 Å². The highest BCUT2D eigenvalue weighted by Gasteiger charge is 2.01. The highest BCUT2D eigenvalue weighted by Crippen LogP contribution is 2.24. The summed E-state index contributed by atoms with van der Waals surface area (Å²) in [6, 6.07) is 18.4. The van der Waals surface area contributed by atoms with E-state index in [-0.39, 0.29) is 0 Å². The van der Waals surface area contributed by atoms with Gasteiger partial charge in [-0.05, 0) is 39.2 Å². The Morgan fingerprint density at radius 3 is 2.00 bits per heavy atom. The fourth-order valence-corrected chi connectivity index (χ4v) is 2.01. The van der Waals surface area contributed by atoms with Crippen LogP contribution in [0.1, 0.15) is 0 Å². The summed E-state index contributed by atoms with van der Waals surface area (Å²) in [7, 11) is 0. The van der Waals surface area contributed by atoms with E-state index in [1.165, 1.54) is 5.56 Å². The maximum atomic E-state index is 5.58. The molecule has 2 aromatic carbocycles. The summed E-state index contributed by atoms with van der Waals surface area (Å²) in [5.41, 5.74) is 2.33. The summed E-state index contributed by atoms with van der Waals surface area (Å²) < 4.78 is 6.40. The largest absolute Gasteiger partial charge is 0.424 e. The minimum Gasteiger partial charge on any atom is -0.424 e. The van der Waals surface area contributed by atoms with E-state index in [1.54, 1.807) is 12.4 Å². The van der Waals surface area contributed by atoms with Gasteiger partial charge in [-0.1, -0.05) is 42.5 Å². The molecule has 1 heterocycles. The summed E-state index contributed by atoms with van der Waals surface area (Å²) in [6.07, 6.45) is 3.31.